The molecule has 0 radical (unpaired) electrons. The van der Waals surface area contributed by atoms with E-state index in [1.165, 1.54) is 46.1 Å². The summed E-state index contributed by atoms with van der Waals surface area (Å²) in [6, 6.07) is 5.32. The van der Waals surface area contributed by atoms with E-state index in [0.717, 1.165) is 19.0 Å². The zero-order valence-corrected chi connectivity index (χ0v) is 11.6. The van der Waals surface area contributed by atoms with E-state index in [4.69, 9.17) is 0 Å². The molecule has 0 unspecified atom stereocenters. The van der Waals surface area contributed by atoms with Gasteiger partial charge in [0.25, 0.3) is 0 Å². The Morgan fingerprint density at radius 2 is 2.00 bits per heavy atom. The third-order valence-electron chi connectivity index (χ3n) is 4.21. The monoisotopic (exact) mass is 242 g/mol. The van der Waals surface area contributed by atoms with E-state index in [1.807, 2.05) is 0 Å². The van der Waals surface area contributed by atoms with Crippen LogP contribution in [-0.4, -0.2) is 17.6 Å². The molecule has 1 fully saturated rings. The van der Waals surface area contributed by atoms with Gasteiger partial charge >= 0.3 is 0 Å². The fourth-order valence-corrected chi connectivity index (χ4v) is 2.70. The van der Waals surface area contributed by atoms with Crippen LogP contribution in [0.25, 0.3) is 10.9 Å². The van der Waals surface area contributed by atoms with Gasteiger partial charge in [-0.3, -0.25) is 0 Å². The van der Waals surface area contributed by atoms with Crippen LogP contribution in [-0.2, 0) is 6.42 Å². The Balaban J connectivity index is 1.89. The summed E-state index contributed by atoms with van der Waals surface area (Å²) in [6.45, 7) is 7.69. The first kappa shape index (κ1) is 11.8. The number of aryl methyl sites for hydroxylation is 3. The molecule has 1 aromatic heterocycles. The number of aromatic nitrogens is 1. The van der Waals surface area contributed by atoms with E-state index in [-0.39, 0.29) is 0 Å². The number of rotatable bonds is 4. The van der Waals surface area contributed by atoms with Crippen LogP contribution in [0.2, 0.25) is 0 Å². The maximum atomic E-state index is 3.60. The molecule has 0 saturated heterocycles. The molecule has 1 aliphatic rings. The lowest BCUT2D eigenvalue weighted by Gasteiger charge is -2.04. The Morgan fingerprint density at radius 3 is 2.72 bits per heavy atom. The molecule has 18 heavy (non-hydrogen) atoms. The van der Waals surface area contributed by atoms with Gasteiger partial charge in [0.05, 0.1) is 0 Å². The summed E-state index contributed by atoms with van der Waals surface area (Å²) < 4.78 is 0. The second-order valence-electron chi connectivity index (χ2n) is 5.64. The number of benzene rings is 1. The summed E-state index contributed by atoms with van der Waals surface area (Å²) in [5, 5.41) is 5.01. The summed E-state index contributed by atoms with van der Waals surface area (Å²) in [4.78, 5) is 3.56. The van der Waals surface area contributed by atoms with Crippen molar-refractivity contribution in [2.24, 2.45) is 0 Å². The van der Waals surface area contributed by atoms with E-state index < -0.39 is 0 Å². The zero-order valence-electron chi connectivity index (χ0n) is 11.6. The van der Waals surface area contributed by atoms with Crippen molar-refractivity contribution in [1.29, 1.82) is 0 Å². The van der Waals surface area contributed by atoms with Crippen LogP contribution in [0.3, 0.4) is 0 Å². The highest BCUT2D eigenvalue weighted by Gasteiger charge is 2.20. The van der Waals surface area contributed by atoms with Gasteiger partial charge in [-0.1, -0.05) is 12.1 Å². The molecular formula is C16H22N2. The minimum absolute atomic E-state index is 0.805. The maximum Gasteiger partial charge on any atom is 0.0491 e. The Hall–Kier alpha value is -1.28. The molecule has 0 spiro atoms. The molecule has 2 heteroatoms. The fourth-order valence-electron chi connectivity index (χ4n) is 2.70. The molecule has 96 valence electrons. The Morgan fingerprint density at radius 1 is 1.22 bits per heavy atom. The second kappa shape index (κ2) is 4.43. The zero-order chi connectivity index (χ0) is 12.7. The summed E-state index contributed by atoms with van der Waals surface area (Å²) >= 11 is 0. The van der Waals surface area contributed by atoms with Crippen LogP contribution in [0.5, 0.6) is 0 Å². The lowest BCUT2D eigenvalue weighted by Crippen LogP contribution is -2.19. The van der Waals surface area contributed by atoms with Gasteiger partial charge in [0.15, 0.2) is 0 Å². The lowest BCUT2D eigenvalue weighted by atomic mass is 10.0. The standard InChI is InChI=1S/C16H22N2/c1-10-4-7-15-14(8-9-17-13-5-6-13)12(3)18-16(15)11(10)2/h4,7,13,17-18H,5-6,8-9H2,1-3H3. The first-order chi connectivity index (χ1) is 8.66. The predicted molar refractivity (Wildman–Crippen MR) is 77.2 cm³/mol. The lowest BCUT2D eigenvalue weighted by molar-refractivity contribution is 0.682. The summed E-state index contributed by atoms with van der Waals surface area (Å²) in [5.41, 5.74) is 6.90. The topological polar surface area (TPSA) is 27.8 Å². The van der Waals surface area contributed by atoms with Gasteiger partial charge < -0.3 is 10.3 Å². The molecule has 0 aliphatic heterocycles. The van der Waals surface area contributed by atoms with E-state index >= 15 is 0 Å². The molecule has 2 aromatic rings. The largest absolute Gasteiger partial charge is 0.358 e. The van der Waals surface area contributed by atoms with Gasteiger partial charge in [0.1, 0.15) is 0 Å². The van der Waals surface area contributed by atoms with Crippen LogP contribution in [0.15, 0.2) is 12.1 Å². The summed E-state index contributed by atoms with van der Waals surface area (Å²) in [5.74, 6) is 0. The quantitative estimate of drug-likeness (QED) is 0.845. The number of hydrogen-bond acceptors (Lipinski definition) is 1. The normalized spacial score (nSPS) is 15.5. The van der Waals surface area contributed by atoms with E-state index in [9.17, 15) is 0 Å². The number of H-pyrrole nitrogens is 1. The SMILES string of the molecule is Cc1ccc2c(CCNC3CC3)c(C)[nH]c2c1C. The molecule has 0 bridgehead atoms. The molecule has 1 aromatic carbocycles. The van der Waals surface area contributed by atoms with Crippen molar-refractivity contribution in [1.82, 2.24) is 10.3 Å². The maximum absolute atomic E-state index is 3.60. The average molecular weight is 242 g/mol. The molecule has 1 saturated carbocycles. The van der Waals surface area contributed by atoms with E-state index in [0.29, 0.717) is 0 Å². The van der Waals surface area contributed by atoms with Crippen LogP contribution >= 0.6 is 0 Å². The first-order valence-corrected chi connectivity index (χ1v) is 6.97. The third kappa shape index (κ3) is 2.05. The predicted octanol–water partition coefficient (Wildman–Crippen LogP) is 3.39. The van der Waals surface area contributed by atoms with Crippen molar-refractivity contribution in [3.8, 4) is 0 Å². The van der Waals surface area contributed by atoms with Crippen LogP contribution in [0, 0.1) is 20.8 Å². The van der Waals surface area contributed by atoms with E-state index in [2.05, 4.69) is 43.2 Å². The molecule has 1 heterocycles. The fraction of sp³-hybridized carbons (Fsp3) is 0.500. The van der Waals surface area contributed by atoms with Crippen LogP contribution in [0.1, 0.15) is 35.2 Å². The molecule has 1 aliphatic carbocycles. The van der Waals surface area contributed by atoms with E-state index in [1.54, 1.807) is 0 Å². The van der Waals surface area contributed by atoms with Crippen molar-refractivity contribution >= 4 is 10.9 Å². The Labute approximate surface area is 109 Å². The van der Waals surface area contributed by atoms with Gasteiger partial charge in [-0.15, -0.1) is 0 Å². The highest BCUT2D eigenvalue weighted by molar-refractivity contribution is 5.88. The number of nitrogens with one attached hydrogen (secondary N) is 2. The average Bonchev–Trinajstić information content (AvgIpc) is 3.10. The molecular weight excluding hydrogens is 220 g/mol. The molecule has 0 amide bonds. The second-order valence-corrected chi connectivity index (χ2v) is 5.64. The van der Waals surface area contributed by atoms with Crippen molar-refractivity contribution in [3.63, 3.8) is 0 Å². The Bertz CT molecular complexity index is 576. The third-order valence-corrected chi connectivity index (χ3v) is 4.21. The molecule has 2 nitrogen and oxygen atoms in total. The first-order valence-electron chi connectivity index (χ1n) is 6.97. The number of hydrogen-bond donors (Lipinski definition) is 2. The molecule has 3 rings (SSSR count). The van der Waals surface area contributed by atoms with Crippen LogP contribution < -0.4 is 5.32 Å². The van der Waals surface area contributed by atoms with Crippen molar-refractivity contribution < 1.29 is 0 Å². The summed E-state index contributed by atoms with van der Waals surface area (Å²) in [6.07, 6.45) is 3.86. The van der Waals surface area contributed by atoms with Crippen molar-refractivity contribution in [2.75, 3.05) is 6.54 Å². The minimum atomic E-state index is 0.805. The van der Waals surface area contributed by atoms with Gasteiger partial charge in [0.2, 0.25) is 0 Å². The number of aromatic amines is 1. The number of fused-ring (bicyclic) bond motifs is 1. The Kier molecular flexibility index (Phi) is 2.90. The summed E-state index contributed by atoms with van der Waals surface area (Å²) in [7, 11) is 0. The molecule has 2 N–H and O–H groups in total. The van der Waals surface area contributed by atoms with Crippen molar-refractivity contribution in [2.45, 2.75) is 46.1 Å². The van der Waals surface area contributed by atoms with Gasteiger partial charge in [0, 0.05) is 22.6 Å². The highest BCUT2D eigenvalue weighted by Crippen LogP contribution is 2.27. The van der Waals surface area contributed by atoms with Crippen molar-refractivity contribution in [3.05, 3.63) is 34.5 Å². The smallest absolute Gasteiger partial charge is 0.0491 e. The highest BCUT2D eigenvalue weighted by atomic mass is 14.9. The minimum Gasteiger partial charge on any atom is -0.358 e. The van der Waals surface area contributed by atoms with Gasteiger partial charge in [-0.2, -0.15) is 0 Å². The van der Waals surface area contributed by atoms with Crippen LogP contribution in [0.4, 0.5) is 0 Å². The van der Waals surface area contributed by atoms with Gasteiger partial charge in [-0.25, -0.2) is 0 Å². The van der Waals surface area contributed by atoms with Gasteiger partial charge in [-0.05, 0) is 63.3 Å². The molecule has 0 atom stereocenters.